The fourth-order valence-corrected chi connectivity index (χ4v) is 4.55. The first-order valence-corrected chi connectivity index (χ1v) is 9.19. The number of piperidine rings is 1. The van der Waals surface area contributed by atoms with Crippen molar-refractivity contribution < 1.29 is 9.53 Å². The third-order valence-corrected chi connectivity index (χ3v) is 6.48. The summed E-state index contributed by atoms with van der Waals surface area (Å²) in [6.45, 7) is 7.65. The largest absolute Gasteiger partial charge is 0.364 e. The van der Waals surface area contributed by atoms with Crippen molar-refractivity contribution in [3.63, 3.8) is 0 Å². The van der Waals surface area contributed by atoms with Gasteiger partial charge in [-0.15, -0.1) is 0 Å². The molecule has 2 saturated heterocycles. The van der Waals surface area contributed by atoms with E-state index in [9.17, 15) is 4.79 Å². The Morgan fingerprint density at radius 2 is 1.88 bits per heavy atom. The van der Waals surface area contributed by atoms with Crippen LogP contribution in [0.2, 0.25) is 0 Å². The molecule has 1 N–H and O–H groups in total. The zero-order valence-corrected chi connectivity index (χ0v) is 14.8. The SMILES string of the molecule is Cc1ccc(C2(C)CCN(C(=O)[C@H]3C[C@]4(COCN4)C3)CC2)cc1. The normalized spacial score (nSPS) is 31.9. The second-order valence-electron chi connectivity index (χ2n) is 8.31. The molecule has 1 amide bonds. The standard InChI is InChI=1S/C20H28N2O2/c1-15-3-5-17(6-4-15)19(2)7-9-22(10-8-19)18(23)16-11-20(12-16)13-24-14-21-20/h3-6,16,21H,7-14H2,1-2H3/t16-,20+. The molecular weight excluding hydrogens is 300 g/mol. The number of rotatable bonds is 2. The molecule has 0 radical (unpaired) electrons. The quantitative estimate of drug-likeness (QED) is 0.907. The summed E-state index contributed by atoms with van der Waals surface area (Å²) in [4.78, 5) is 14.9. The Balaban J connectivity index is 1.34. The molecule has 0 bridgehead atoms. The van der Waals surface area contributed by atoms with E-state index < -0.39 is 0 Å². The average Bonchev–Trinajstić information content (AvgIpc) is 3.04. The summed E-state index contributed by atoms with van der Waals surface area (Å²) in [6, 6.07) is 8.91. The van der Waals surface area contributed by atoms with Crippen molar-refractivity contribution in [2.24, 2.45) is 5.92 Å². The maximum absolute atomic E-state index is 12.8. The van der Waals surface area contributed by atoms with Crippen LogP contribution in [0.5, 0.6) is 0 Å². The number of hydrogen-bond donors (Lipinski definition) is 1. The lowest BCUT2D eigenvalue weighted by Crippen LogP contribution is -2.58. The van der Waals surface area contributed by atoms with Gasteiger partial charge in [-0.05, 0) is 43.6 Å². The minimum Gasteiger partial charge on any atom is -0.364 e. The molecule has 3 fully saturated rings. The van der Waals surface area contributed by atoms with E-state index in [1.54, 1.807) is 0 Å². The van der Waals surface area contributed by atoms with E-state index in [0.717, 1.165) is 45.4 Å². The number of amides is 1. The molecular formula is C20H28N2O2. The lowest BCUT2D eigenvalue weighted by atomic mass is 9.68. The minimum absolute atomic E-state index is 0.104. The second-order valence-corrected chi connectivity index (χ2v) is 8.31. The van der Waals surface area contributed by atoms with Crippen LogP contribution < -0.4 is 5.32 Å². The smallest absolute Gasteiger partial charge is 0.225 e. The average molecular weight is 328 g/mol. The van der Waals surface area contributed by atoms with Crippen LogP contribution >= 0.6 is 0 Å². The van der Waals surface area contributed by atoms with Gasteiger partial charge in [-0.25, -0.2) is 0 Å². The molecule has 4 nitrogen and oxygen atoms in total. The molecule has 2 heterocycles. The van der Waals surface area contributed by atoms with Crippen LogP contribution in [-0.2, 0) is 14.9 Å². The van der Waals surface area contributed by atoms with Gasteiger partial charge in [0.1, 0.15) is 0 Å². The Morgan fingerprint density at radius 3 is 2.46 bits per heavy atom. The van der Waals surface area contributed by atoms with E-state index in [1.807, 2.05) is 0 Å². The molecule has 1 aromatic carbocycles. The predicted octanol–water partition coefficient (Wildman–Crippen LogP) is 2.60. The summed E-state index contributed by atoms with van der Waals surface area (Å²) in [6.07, 6.45) is 4.00. The summed E-state index contributed by atoms with van der Waals surface area (Å²) in [5.74, 6) is 0.559. The fourth-order valence-electron chi connectivity index (χ4n) is 4.55. The number of carbonyl (C=O) groups excluding carboxylic acids is 1. The highest BCUT2D eigenvalue weighted by Gasteiger charge is 2.50. The van der Waals surface area contributed by atoms with Crippen molar-refractivity contribution in [1.29, 1.82) is 0 Å². The van der Waals surface area contributed by atoms with Gasteiger partial charge in [-0.2, -0.15) is 0 Å². The monoisotopic (exact) mass is 328 g/mol. The molecule has 3 aliphatic rings. The highest BCUT2D eigenvalue weighted by Crippen LogP contribution is 2.42. The number of likely N-dealkylation sites (tertiary alicyclic amines) is 1. The molecule has 2 aliphatic heterocycles. The third kappa shape index (κ3) is 2.76. The fraction of sp³-hybridized carbons (Fsp3) is 0.650. The first-order chi connectivity index (χ1) is 11.5. The summed E-state index contributed by atoms with van der Waals surface area (Å²) in [5, 5.41) is 3.40. The molecule has 1 aliphatic carbocycles. The Bertz CT molecular complexity index is 603. The summed E-state index contributed by atoms with van der Waals surface area (Å²) < 4.78 is 5.42. The summed E-state index contributed by atoms with van der Waals surface area (Å²) >= 11 is 0. The van der Waals surface area contributed by atoms with Crippen LogP contribution in [0.3, 0.4) is 0 Å². The first-order valence-electron chi connectivity index (χ1n) is 9.19. The van der Waals surface area contributed by atoms with E-state index >= 15 is 0 Å². The first kappa shape index (κ1) is 16.1. The van der Waals surface area contributed by atoms with Crippen LogP contribution in [0.25, 0.3) is 0 Å². The number of ether oxygens (including phenoxy) is 1. The third-order valence-electron chi connectivity index (χ3n) is 6.48. The predicted molar refractivity (Wildman–Crippen MR) is 93.8 cm³/mol. The van der Waals surface area contributed by atoms with E-state index in [-0.39, 0.29) is 16.9 Å². The van der Waals surface area contributed by atoms with Crippen LogP contribution in [0.1, 0.15) is 43.7 Å². The zero-order chi connectivity index (χ0) is 16.8. The molecule has 4 heteroatoms. The lowest BCUT2D eigenvalue weighted by molar-refractivity contribution is -0.142. The van der Waals surface area contributed by atoms with Gasteiger partial charge >= 0.3 is 0 Å². The molecule has 130 valence electrons. The molecule has 1 saturated carbocycles. The molecule has 0 unspecified atom stereocenters. The van der Waals surface area contributed by atoms with Crippen molar-refractivity contribution in [3.8, 4) is 0 Å². The summed E-state index contributed by atoms with van der Waals surface area (Å²) in [7, 11) is 0. The van der Waals surface area contributed by atoms with Crippen molar-refractivity contribution in [2.75, 3.05) is 26.4 Å². The highest BCUT2D eigenvalue weighted by molar-refractivity contribution is 5.80. The number of carbonyl (C=O) groups is 1. The lowest BCUT2D eigenvalue weighted by Gasteiger charge is -2.47. The zero-order valence-electron chi connectivity index (χ0n) is 14.8. The highest BCUT2D eigenvalue weighted by atomic mass is 16.5. The Labute approximate surface area is 144 Å². The number of nitrogens with one attached hydrogen (secondary N) is 1. The van der Waals surface area contributed by atoms with Gasteiger partial charge in [0.2, 0.25) is 5.91 Å². The molecule has 24 heavy (non-hydrogen) atoms. The maximum Gasteiger partial charge on any atom is 0.225 e. The maximum atomic E-state index is 12.8. The van der Waals surface area contributed by atoms with Crippen molar-refractivity contribution in [3.05, 3.63) is 35.4 Å². The van der Waals surface area contributed by atoms with Crippen LogP contribution in [0, 0.1) is 12.8 Å². The van der Waals surface area contributed by atoms with Gasteiger partial charge in [0.25, 0.3) is 0 Å². The molecule has 1 aromatic rings. The Hall–Kier alpha value is -1.39. The van der Waals surface area contributed by atoms with Crippen LogP contribution in [0.4, 0.5) is 0 Å². The number of hydrogen-bond acceptors (Lipinski definition) is 3. The molecule has 1 spiro atoms. The number of aryl methyl sites for hydroxylation is 1. The molecule has 0 atom stereocenters. The minimum atomic E-state index is 0.104. The number of benzene rings is 1. The second kappa shape index (κ2) is 5.85. The Morgan fingerprint density at radius 1 is 1.21 bits per heavy atom. The summed E-state index contributed by atoms with van der Waals surface area (Å²) in [5.41, 5.74) is 3.02. The molecule has 0 aromatic heterocycles. The van der Waals surface area contributed by atoms with Gasteiger partial charge in [0.15, 0.2) is 0 Å². The number of nitrogens with zero attached hydrogens (tertiary/aromatic N) is 1. The van der Waals surface area contributed by atoms with E-state index in [2.05, 4.69) is 48.3 Å². The Kier molecular flexibility index (Phi) is 3.92. The van der Waals surface area contributed by atoms with E-state index in [4.69, 9.17) is 4.74 Å². The van der Waals surface area contributed by atoms with Gasteiger partial charge < -0.3 is 9.64 Å². The van der Waals surface area contributed by atoms with E-state index in [1.165, 1.54) is 11.1 Å². The topological polar surface area (TPSA) is 41.6 Å². The van der Waals surface area contributed by atoms with Crippen LogP contribution in [0.15, 0.2) is 24.3 Å². The van der Waals surface area contributed by atoms with Crippen LogP contribution in [-0.4, -0.2) is 42.8 Å². The van der Waals surface area contributed by atoms with Crippen molar-refractivity contribution >= 4 is 5.91 Å². The van der Waals surface area contributed by atoms with Gasteiger partial charge in [0, 0.05) is 24.5 Å². The van der Waals surface area contributed by atoms with Gasteiger partial charge in [0.05, 0.1) is 13.3 Å². The molecule has 4 rings (SSSR count). The van der Waals surface area contributed by atoms with Gasteiger partial charge in [-0.1, -0.05) is 36.8 Å². The van der Waals surface area contributed by atoms with Crippen molar-refractivity contribution in [1.82, 2.24) is 10.2 Å². The van der Waals surface area contributed by atoms with E-state index in [0.29, 0.717) is 12.6 Å². The van der Waals surface area contributed by atoms with Crippen molar-refractivity contribution in [2.45, 2.75) is 50.5 Å². The van der Waals surface area contributed by atoms with Gasteiger partial charge in [-0.3, -0.25) is 10.1 Å².